The van der Waals surface area contributed by atoms with E-state index >= 15 is 0 Å². The molecule has 1 aromatic heterocycles. The van der Waals surface area contributed by atoms with E-state index in [1.54, 1.807) is 18.9 Å². The summed E-state index contributed by atoms with van der Waals surface area (Å²) in [4.78, 5) is 4.26. The first kappa shape index (κ1) is 9.65. The number of hydrogen-bond donors (Lipinski definition) is 0. The number of rotatable bonds is 4. The first-order chi connectivity index (χ1) is 6.81. The van der Waals surface area contributed by atoms with Crippen molar-refractivity contribution < 1.29 is 9.47 Å². The summed E-state index contributed by atoms with van der Waals surface area (Å²) in [6, 6.07) is 3.78. The van der Waals surface area contributed by atoms with Crippen LogP contribution in [0.5, 0.6) is 11.6 Å². The van der Waals surface area contributed by atoms with Crippen molar-refractivity contribution in [2.45, 2.75) is 24.0 Å². The number of ether oxygens (including phenoxy) is 2. The average Bonchev–Trinajstić information content (AvgIpc) is 3.01. The highest BCUT2D eigenvalue weighted by Crippen LogP contribution is 2.30. The summed E-state index contributed by atoms with van der Waals surface area (Å²) in [5.41, 5.74) is 0. The molecule has 4 heteroatoms. The Morgan fingerprint density at radius 1 is 1.43 bits per heavy atom. The van der Waals surface area contributed by atoms with Gasteiger partial charge >= 0.3 is 0 Å². The Balaban J connectivity index is 2.19. The number of thioether (sulfide) groups is 1. The molecule has 76 valence electrons. The highest BCUT2D eigenvalue weighted by atomic mass is 32.2. The smallest absolute Gasteiger partial charge is 0.217 e. The van der Waals surface area contributed by atoms with Gasteiger partial charge in [-0.1, -0.05) is 0 Å². The minimum atomic E-state index is 0.414. The predicted octanol–water partition coefficient (Wildman–Crippen LogP) is 2.35. The van der Waals surface area contributed by atoms with Gasteiger partial charge in [0.2, 0.25) is 5.88 Å². The number of hydrogen-bond acceptors (Lipinski definition) is 4. The lowest BCUT2D eigenvalue weighted by Gasteiger charge is -2.07. The van der Waals surface area contributed by atoms with E-state index < -0.39 is 0 Å². The zero-order valence-corrected chi connectivity index (χ0v) is 9.13. The Bertz CT molecular complexity index is 304. The summed E-state index contributed by atoms with van der Waals surface area (Å²) in [6.07, 6.45) is 4.73. The summed E-state index contributed by atoms with van der Waals surface area (Å²) in [5, 5.41) is 0.931. The van der Waals surface area contributed by atoms with E-state index in [1.807, 2.05) is 18.4 Å². The molecular formula is C10H13NO2S. The largest absolute Gasteiger partial charge is 0.490 e. The normalized spacial score (nSPS) is 15.3. The van der Waals surface area contributed by atoms with Crippen molar-refractivity contribution in [1.82, 2.24) is 4.98 Å². The second-order valence-corrected chi connectivity index (χ2v) is 4.03. The molecule has 1 fully saturated rings. The van der Waals surface area contributed by atoms with E-state index in [0.29, 0.717) is 12.0 Å². The highest BCUT2D eigenvalue weighted by Gasteiger charge is 2.23. The fourth-order valence-electron chi connectivity index (χ4n) is 1.11. The van der Waals surface area contributed by atoms with Crippen LogP contribution in [0, 0.1) is 0 Å². The molecule has 0 bridgehead atoms. The van der Waals surface area contributed by atoms with E-state index in [-0.39, 0.29) is 0 Å². The first-order valence-corrected chi connectivity index (χ1v) is 5.81. The van der Waals surface area contributed by atoms with Gasteiger partial charge in [-0.25, -0.2) is 4.98 Å². The van der Waals surface area contributed by atoms with Gasteiger partial charge in [0, 0.05) is 12.1 Å². The van der Waals surface area contributed by atoms with Crippen LogP contribution in [0.15, 0.2) is 17.2 Å². The Morgan fingerprint density at radius 3 is 2.79 bits per heavy atom. The zero-order chi connectivity index (χ0) is 9.97. The molecule has 0 aliphatic heterocycles. The lowest BCUT2D eigenvalue weighted by molar-refractivity contribution is 0.298. The third-order valence-electron chi connectivity index (χ3n) is 2.00. The number of aromatic nitrogens is 1. The standard InChI is InChI=1S/C10H13NO2S/c1-12-9-5-8(13-7-3-4-7)6-10(11-9)14-2/h5-7H,3-4H2,1-2H3. The summed E-state index contributed by atoms with van der Waals surface area (Å²) >= 11 is 1.59. The average molecular weight is 211 g/mol. The van der Waals surface area contributed by atoms with Gasteiger partial charge in [0.15, 0.2) is 0 Å². The zero-order valence-electron chi connectivity index (χ0n) is 8.32. The summed E-state index contributed by atoms with van der Waals surface area (Å²) in [7, 11) is 1.62. The van der Waals surface area contributed by atoms with Gasteiger partial charge in [-0.2, -0.15) is 0 Å². The molecule has 0 saturated heterocycles. The van der Waals surface area contributed by atoms with Gasteiger partial charge < -0.3 is 9.47 Å². The van der Waals surface area contributed by atoms with E-state index in [1.165, 1.54) is 12.8 Å². The highest BCUT2D eigenvalue weighted by molar-refractivity contribution is 7.98. The number of nitrogens with zero attached hydrogens (tertiary/aromatic N) is 1. The Morgan fingerprint density at radius 2 is 2.21 bits per heavy atom. The predicted molar refractivity (Wildman–Crippen MR) is 56.2 cm³/mol. The quantitative estimate of drug-likeness (QED) is 0.715. The van der Waals surface area contributed by atoms with E-state index in [9.17, 15) is 0 Å². The van der Waals surface area contributed by atoms with Crippen LogP contribution >= 0.6 is 11.8 Å². The summed E-state index contributed by atoms with van der Waals surface area (Å²) < 4.78 is 10.8. The van der Waals surface area contributed by atoms with Crippen LogP contribution in [0.2, 0.25) is 0 Å². The van der Waals surface area contributed by atoms with Crippen LogP contribution in [-0.2, 0) is 0 Å². The summed E-state index contributed by atoms with van der Waals surface area (Å²) in [6.45, 7) is 0. The maximum atomic E-state index is 5.68. The van der Waals surface area contributed by atoms with Gasteiger partial charge in [0.05, 0.1) is 13.2 Å². The summed E-state index contributed by atoms with van der Waals surface area (Å²) in [5.74, 6) is 1.48. The molecule has 1 heterocycles. The lowest BCUT2D eigenvalue weighted by Crippen LogP contribution is -1.98. The second-order valence-electron chi connectivity index (χ2n) is 3.20. The molecule has 0 N–H and O–H groups in total. The maximum Gasteiger partial charge on any atom is 0.217 e. The van der Waals surface area contributed by atoms with Crippen molar-refractivity contribution in [1.29, 1.82) is 0 Å². The van der Waals surface area contributed by atoms with Crippen molar-refractivity contribution in [3.05, 3.63) is 12.1 Å². The van der Waals surface area contributed by atoms with E-state index in [0.717, 1.165) is 10.8 Å². The molecule has 0 aromatic carbocycles. The minimum Gasteiger partial charge on any atom is -0.490 e. The van der Waals surface area contributed by atoms with Gasteiger partial charge in [0.25, 0.3) is 0 Å². The molecule has 1 aliphatic rings. The van der Waals surface area contributed by atoms with E-state index in [2.05, 4.69) is 4.98 Å². The number of methoxy groups -OCH3 is 1. The molecule has 1 saturated carbocycles. The van der Waals surface area contributed by atoms with Gasteiger partial charge in [0.1, 0.15) is 10.8 Å². The molecule has 0 atom stereocenters. The topological polar surface area (TPSA) is 31.4 Å². The van der Waals surface area contributed by atoms with Crippen LogP contribution in [0.3, 0.4) is 0 Å². The molecule has 0 radical (unpaired) electrons. The molecule has 3 nitrogen and oxygen atoms in total. The Kier molecular flexibility index (Phi) is 2.82. The third kappa shape index (κ3) is 2.32. The van der Waals surface area contributed by atoms with Crippen molar-refractivity contribution in [2.24, 2.45) is 0 Å². The molecule has 14 heavy (non-hydrogen) atoms. The van der Waals surface area contributed by atoms with Crippen molar-refractivity contribution in [3.8, 4) is 11.6 Å². The third-order valence-corrected chi connectivity index (χ3v) is 2.62. The monoisotopic (exact) mass is 211 g/mol. The number of pyridine rings is 1. The SMILES string of the molecule is COc1cc(OC2CC2)cc(SC)n1. The fourth-order valence-corrected chi connectivity index (χ4v) is 1.53. The molecule has 0 spiro atoms. The van der Waals surface area contributed by atoms with Crippen molar-refractivity contribution in [2.75, 3.05) is 13.4 Å². The van der Waals surface area contributed by atoms with Crippen molar-refractivity contribution >= 4 is 11.8 Å². The van der Waals surface area contributed by atoms with Crippen LogP contribution in [0.4, 0.5) is 0 Å². The minimum absolute atomic E-state index is 0.414. The van der Waals surface area contributed by atoms with Gasteiger partial charge in [-0.3, -0.25) is 0 Å². The second kappa shape index (κ2) is 4.09. The molecular weight excluding hydrogens is 198 g/mol. The Labute approximate surface area is 87.8 Å². The lowest BCUT2D eigenvalue weighted by atomic mass is 10.4. The van der Waals surface area contributed by atoms with Crippen LogP contribution < -0.4 is 9.47 Å². The van der Waals surface area contributed by atoms with Gasteiger partial charge in [-0.15, -0.1) is 11.8 Å². The van der Waals surface area contributed by atoms with Crippen LogP contribution in [0.1, 0.15) is 12.8 Å². The fraction of sp³-hybridized carbons (Fsp3) is 0.500. The Hall–Kier alpha value is -0.900. The van der Waals surface area contributed by atoms with Crippen LogP contribution in [0.25, 0.3) is 0 Å². The molecule has 1 aromatic rings. The van der Waals surface area contributed by atoms with Gasteiger partial charge in [-0.05, 0) is 19.1 Å². The van der Waals surface area contributed by atoms with Crippen LogP contribution in [-0.4, -0.2) is 24.5 Å². The molecule has 1 aliphatic carbocycles. The van der Waals surface area contributed by atoms with Crippen molar-refractivity contribution in [3.63, 3.8) is 0 Å². The first-order valence-electron chi connectivity index (χ1n) is 4.58. The van der Waals surface area contributed by atoms with E-state index in [4.69, 9.17) is 9.47 Å². The molecule has 0 amide bonds. The maximum absolute atomic E-state index is 5.68. The molecule has 2 rings (SSSR count). The molecule has 0 unspecified atom stereocenters.